The molecule has 13 heteroatoms. The monoisotopic (exact) mass is 586 g/mol. The second-order valence-electron chi connectivity index (χ2n) is 8.67. The molecule has 0 aliphatic carbocycles. The van der Waals surface area contributed by atoms with Crippen LogP contribution in [0.1, 0.15) is 23.2 Å². The number of fused-ring (bicyclic) bond motifs is 1. The van der Waals surface area contributed by atoms with Crippen molar-refractivity contribution >= 4 is 17.5 Å². The molecule has 0 fully saturated rings. The Balaban J connectivity index is 0.00000267. The molecule has 2 aromatic carbocycles. The summed E-state index contributed by atoms with van der Waals surface area (Å²) in [5, 5.41) is 2.70. The van der Waals surface area contributed by atoms with E-state index in [9.17, 15) is 27.2 Å². The van der Waals surface area contributed by atoms with Crippen LogP contribution in [-0.4, -0.2) is 35.2 Å². The maximum Gasteiger partial charge on any atom is 0.573 e. The summed E-state index contributed by atoms with van der Waals surface area (Å²) < 4.78 is 55.1. The maximum absolute atomic E-state index is 13.9. The van der Waals surface area contributed by atoms with Gasteiger partial charge in [-0.1, -0.05) is 30.3 Å². The average molecular weight is 587 g/mol. The van der Waals surface area contributed by atoms with Crippen LogP contribution in [0.5, 0.6) is 5.75 Å². The summed E-state index contributed by atoms with van der Waals surface area (Å²) in [6.45, 7) is 0.0446. The summed E-state index contributed by atoms with van der Waals surface area (Å²) in [6.07, 6.45) is -3.03. The molecule has 3 aromatic rings. The number of aromatic nitrogens is 1. The molecule has 0 radical (unpaired) electrons. The molecule has 2 heterocycles. The maximum atomic E-state index is 13.9. The molecule has 7 nitrogen and oxygen atoms in total. The summed E-state index contributed by atoms with van der Waals surface area (Å²) in [7, 11) is 0. The highest BCUT2D eigenvalue weighted by Crippen LogP contribution is 2.29. The Kier molecular flexibility index (Phi) is 11.1. The normalized spacial score (nSPS) is 15.4. The van der Waals surface area contributed by atoms with E-state index in [0.717, 1.165) is 12.1 Å². The quantitative estimate of drug-likeness (QED) is 0.288. The minimum atomic E-state index is -4.81. The molecule has 1 aliphatic heterocycles. The number of rotatable bonds is 8. The Hall–Kier alpha value is -3.41. The predicted molar refractivity (Wildman–Crippen MR) is 127 cm³/mol. The summed E-state index contributed by atoms with van der Waals surface area (Å²) in [6, 6.07) is 13.1. The summed E-state index contributed by atoms with van der Waals surface area (Å²) in [5.41, 5.74) is 8.13. The number of amides is 2. The van der Waals surface area contributed by atoms with Gasteiger partial charge in [0.1, 0.15) is 17.6 Å². The predicted octanol–water partition coefficient (Wildman–Crippen LogP) is -2.34. The molecular formula is C26H24Cl2F4N4O3-2. The zero-order valence-corrected chi connectivity index (χ0v) is 21.8. The third-order valence-electron chi connectivity index (χ3n) is 5.84. The van der Waals surface area contributed by atoms with Crippen LogP contribution in [0.2, 0.25) is 0 Å². The van der Waals surface area contributed by atoms with E-state index < -0.39 is 36.1 Å². The van der Waals surface area contributed by atoms with Gasteiger partial charge in [-0.05, 0) is 47.9 Å². The smallest absolute Gasteiger partial charge is 0.573 e. The fourth-order valence-corrected chi connectivity index (χ4v) is 4.18. The van der Waals surface area contributed by atoms with E-state index in [-0.39, 0.29) is 56.4 Å². The van der Waals surface area contributed by atoms with Crippen LogP contribution in [0.15, 0.2) is 66.9 Å². The number of halogens is 6. The zero-order chi connectivity index (χ0) is 26.6. The van der Waals surface area contributed by atoms with Crippen molar-refractivity contribution in [1.29, 1.82) is 0 Å². The minimum Gasteiger partial charge on any atom is -1.00 e. The summed E-state index contributed by atoms with van der Waals surface area (Å²) in [5.74, 6) is -1.64. The molecule has 1 unspecified atom stereocenters. The Morgan fingerprint density at radius 3 is 2.46 bits per heavy atom. The number of carbonyl (C=O) groups excluding carboxylic acids is 2. The van der Waals surface area contributed by atoms with Crippen LogP contribution >= 0.6 is 0 Å². The number of ether oxygens (including phenoxy) is 1. The van der Waals surface area contributed by atoms with Gasteiger partial charge in [-0.2, -0.15) is 0 Å². The first kappa shape index (κ1) is 31.8. The topological polar surface area (TPSA) is 97.6 Å². The first-order valence-electron chi connectivity index (χ1n) is 11.5. The van der Waals surface area contributed by atoms with Crippen LogP contribution in [0.3, 0.4) is 0 Å². The summed E-state index contributed by atoms with van der Waals surface area (Å²) >= 11 is 0. The average Bonchev–Trinajstić information content (AvgIpc) is 2.83. The lowest BCUT2D eigenvalue weighted by Gasteiger charge is -2.34. The van der Waals surface area contributed by atoms with Crippen molar-refractivity contribution in [3.05, 3.63) is 89.5 Å². The van der Waals surface area contributed by atoms with Crippen molar-refractivity contribution < 1.29 is 56.7 Å². The van der Waals surface area contributed by atoms with Crippen molar-refractivity contribution in [2.24, 2.45) is 5.73 Å². The lowest BCUT2D eigenvalue weighted by molar-refractivity contribution is -0.274. The van der Waals surface area contributed by atoms with E-state index in [1.165, 1.54) is 23.1 Å². The number of carbonyl (C=O) groups is 2. The lowest BCUT2D eigenvalue weighted by atomic mass is 9.99. The zero-order valence-electron chi connectivity index (χ0n) is 20.3. The number of nitrogens with zero attached hydrogens (tertiary/aromatic N) is 2. The highest BCUT2D eigenvalue weighted by atomic mass is 35.5. The van der Waals surface area contributed by atoms with E-state index in [2.05, 4.69) is 15.0 Å². The number of nitrogens with two attached hydrogens (primary N) is 1. The van der Waals surface area contributed by atoms with Crippen LogP contribution in [0.4, 0.5) is 23.2 Å². The first-order chi connectivity index (χ1) is 17.6. The summed E-state index contributed by atoms with van der Waals surface area (Å²) in [4.78, 5) is 31.8. The number of hydrogen-bond acceptors (Lipinski definition) is 5. The molecule has 1 aliphatic rings. The van der Waals surface area contributed by atoms with Crippen LogP contribution in [0.25, 0.3) is 0 Å². The number of alkyl halides is 3. The Bertz CT molecular complexity index is 1280. The number of hydrogen-bond donors (Lipinski definition) is 2. The van der Waals surface area contributed by atoms with Crippen molar-refractivity contribution in [2.75, 3.05) is 4.90 Å². The molecule has 39 heavy (non-hydrogen) atoms. The number of nitrogens with one attached hydrogen (secondary N) is 1. The van der Waals surface area contributed by atoms with Crippen molar-refractivity contribution in [2.45, 2.75) is 44.3 Å². The van der Waals surface area contributed by atoms with Gasteiger partial charge in [0.25, 0.3) is 0 Å². The first-order valence-corrected chi connectivity index (χ1v) is 11.5. The lowest BCUT2D eigenvalue weighted by Crippen LogP contribution is -3.00. The molecule has 2 atom stereocenters. The standard InChI is InChI=1S/C26H24F4N4O3.2ClH/c27-20-5-2-1-4-17(20)12-18(31)13-24(35)33-22-14-21-23(6-3-11-32-21)34(25(22)36)15-16-7-9-19(10-8-16)37-26(28,29)30;;/h1-11,18,22H,12-15,31H2,(H,33,35);2*1H/p-2/t18-,22?;;/m1../s1. The molecule has 4 rings (SSSR count). The SMILES string of the molecule is N[C@@H](CC(=O)NC1Cc2ncccc2N(Cc2ccc(OC(F)(F)F)cc2)C1=O)Cc1ccccc1F.[Cl-].[Cl-]. The molecule has 210 valence electrons. The second kappa shape index (κ2) is 13.6. The van der Waals surface area contributed by atoms with Crippen molar-refractivity contribution in [1.82, 2.24) is 10.3 Å². The van der Waals surface area contributed by atoms with E-state index in [1.54, 1.807) is 36.5 Å². The molecule has 3 N–H and O–H groups in total. The van der Waals surface area contributed by atoms with E-state index >= 15 is 0 Å². The third kappa shape index (κ3) is 8.54. The molecule has 1 aromatic heterocycles. The highest BCUT2D eigenvalue weighted by molar-refractivity contribution is 6.01. The number of anilines is 1. The number of pyridine rings is 1. The Labute approximate surface area is 234 Å². The van der Waals surface area contributed by atoms with E-state index in [0.29, 0.717) is 22.5 Å². The highest BCUT2D eigenvalue weighted by Gasteiger charge is 2.35. The van der Waals surface area contributed by atoms with Gasteiger partial charge in [-0.25, -0.2) is 4.39 Å². The fourth-order valence-electron chi connectivity index (χ4n) is 4.18. The van der Waals surface area contributed by atoms with Crippen molar-refractivity contribution in [3.63, 3.8) is 0 Å². The number of benzene rings is 2. The van der Waals surface area contributed by atoms with Gasteiger partial charge in [-0.3, -0.25) is 14.6 Å². The van der Waals surface area contributed by atoms with Crippen molar-refractivity contribution in [3.8, 4) is 5.75 Å². The van der Waals surface area contributed by atoms with Gasteiger partial charge in [0.05, 0.1) is 17.9 Å². The fraction of sp³-hybridized carbons (Fsp3) is 0.269. The second-order valence-corrected chi connectivity index (χ2v) is 8.67. The van der Waals surface area contributed by atoms with Gasteiger partial charge in [0.2, 0.25) is 11.8 Å². The van der Waals surface area contributed by atoms with Gasteiger partial charge in [0, 0.05) is 25.1 Å². The minimum absolute atomic E-state index is 0. The van der Waals surface area contributed by atoms with E-state index in [1.807, 2.05) is 0 Å². The molecule has 0 saturated carbocycles. The van der Waals surface area contributed by atoms with Crippen LogP contribution in [0, 0.1) is 5.82 Å². The Morgan fingerprint density at radius 1 is 1.10 bits per heavy atom. The molecule has 0 bridgehead atoms. The largest absolute Gasteiger partial charge is 1.00 e. The molecule has 0 saturated heterocycles. The molecule has 2 amide bonds. The van der Waals surface area contributed by atoms with Crippen LogP contribution in [-0.2, 0) is 29.0 Å². The van der Waals surface area contributed by atoms with E-state index in [4.69, 9.17) is 5.73 Å². The van der Waals surface area contributed by atoms with Crippen LogP contribution < -0.4 is 45.5 Å². The molecule has 0 spiro atoms. The van der Waals surface area contributed by atoms with Gasteiger partial charge >= 0.3 is 6.36 Å². The van der Waals surface area contributed by atoms with Gasteiger partial charge in [0.15, 0.2) is 0 Å². The van der Waals surface area contributed by atoms with Gasteiger partial charge in [-0.15, -0.1) is 13.2 Å². The molecular weight excluding hydrogens is 563 g/mol. The van der Waals surface area contributed by atoms with Gasteiger partial charge < -0.3 is 45.5 Å². The Morgan fingerprint density at radius 2 is 1.79 bits per heavy atom. The third-order valence-corrected chi connectivity index (χ3v) is 5.84.